The second-order valence-corrected chi connectivity index (χ2v) is 5.46. The van der Waals surface area contributed by atoms with Gasteiger partial charge in [0.05, 0.1) is 11.2 Å². The Morgan fingerprint density at radius 1 is 1.10 bits per heavy atom. The molecule has 0 aliphatic rings. The number of pyridine rings is 1. The number of ether oxygens (including phenoxy) is 1. The molecule has 3 nitrogen and oxygen atoms in total. The van der Waals surface area contributed by atoms with E-state index in [9.17, 15) is 0 Å². The lowest BCUT2D eigenvalue weighted by Crippen LogP contribution is -1.94. The summed E-state index contributed by atoms with van der Waals surface area (Å²) < 4.78 is 6.11. The van der Waals surface area contributed by atoms with Gasteiger partial charge in [0.25, 0.3) is 0 Å². The van der Waals surface area contributed by atoms with Gasteiger partial charge in [0, 0.05) is 16.6 Å². The average Bonchev–Trinajstić information content (AvgIpc) is 2.43. The summed E-state index contributed by atoms with van der Waals surface area (Å²) in [5, 5.41) is 1.60. The maximum Gasteiger partial charge on any atom is 0.138 e. The summed E-state index contributed by atoms with van der Waals surface area (Å²) >= 11 is 6.06. The van der Waals surface area contributed by atoms with Gasteiger partial charge in [-0.25, -0.2) is 0 Å². The van der Waals surface area contributed by atoms with Crippen LogP contribution in [0.15, 0.2) is 42.6 Å². The second-order valence-electron chi connectivity index (χ2n) is 5.02. The topological polar surface area (TPSA) is 48.1 Å². The quantitative estimate of drug-likeness (QED) is 0.686. The molecule has 0 radical (unpaired) electrons. The molecule has 2 aromatic carbocycles. The molecule has 0 amide bonds. The van der Waals surface area contributed by atoms with E-state index in [-0.39, 0.29) is 0 Å². The minimum Gasteiger partial charge on any atom is -0.456 e. The Labute approximate surface area is 128 Å². The molecular weight excluding hydrogens is 284 g/mol. The van der Waals surface area contributed by atoms with Crippen molar-refractivity contribution in [2.45, 2.75) is 13.8 Å². The van der Waals surface area contributed by atoms with Gasteiger partial charge < -0.3 is 10.5 Å². The zero-order valence-corrected chi connectivity index (χ0v) is 12.6. The third-order valence-corrected chi connectivity index (χ3v) is 3.62. The van der Waals surface area contributed by atoms with Crippen LogP contribution in [0.2, 0.25) is 5.02 Å². The van der Waals surface area contributed by atoms with Crippen molar-refractivity contribution in [3.63, 3.8) is 0 Å². The number of nitrogens with two attached hydrogens (primary N) is 1. The highest BCUT2D eigenvalue weighted by atomic mass is 35.5. The summed E-state index contributed by atoms with van der Waals surface area (Å²) in [7, 11) is 0. The summed E-state index contributed by atoms with van der Waals surface area (Å²) in [4.78, 5) is 4.32. The van der Waals surface area contributed by atoms with Crippen molar-refractivity contribution in [3.8, 4) is 11.5 Å². The zero-order chi connectivity index (χ0) is 15.0. The summed E-state index contributed by atoms with van der Waals surface area (Å²) in [6.07, 6.45) is 1.70. The summed E-state index contributed by atoms with van der Waals surface area (Å²) in [5.74, 6) is 1.55. The number of nitrogens with zero attached hydrogens (tertiary/aromatic N) is 1. The molecular formula is C17H15ClN2O. The van der Waals surface area contributed by atoms with Crippen LogP contribution >= 0.6 is 11.6 Å². The standard InChI is InChI=1S/C17H15ClN2O/c1-10-8-12(18)9-11(2)17(10)21-15-6-7-20-16-13(15)4-3-5-14(16)19/h3-9H,19H2,1-2H3. The smallest absolute Gasteiger partial charge is 0.138 e. The first-order valence-electron chi connectivity index (χ1n) is 6.64. The van der Waals surface area contributed by atoms with Gasteiger partial charge in [0.1, 0.15) is 11.5 Å². The van der Waals surface area contributed by atoms with Crippen molar-refractivity contribution in [1.29, 1.82) is 0 Å². The second kappa shape index (κ2) is 5.26. The Kier molecular flexibility index (Phi) is 3.43. The Balaban J connectivity index is 2.13. The number of benzene rings is 2. The molecule has 0 atom stereocenters. The van der Waals surface area contributed by atoms with Crippen molar-refractivity contribution >= 4 is 28.2 Å². The number of aryl methyl sites for hydroxylation is 2. The van der Waals surface area contributed by atoms with Gasteiger partial charge in [-0.2, -0.15) is 0 Å². The molecule has 0 bridgehead atoms. The molecule has 106 valence electrons. The lowest BCUT2D eigenvalue weighted by atomic mass is 10.1. The number of hydrogen-bond donors (Lipinski definition) is 1. The summed E-state index contributed by atoms with van der Waals surface area (Å²) in [5.41, 5.74) is 9.34. The Bertz CT molecular complexity index is 807. The van der Waals surface area contributed by atoms with E-state index in [1.807, 2.05) is 50.2 Å². The first kappa shape index (κ1) is 13.7. The van der Waals surface area contributed by atoms with E-state index in [4.69, 9.17) is 22.1 Å². The van der Waals surface area contributed by atoms with Crippen molar-refractivity contribution in [1.82, 2.24) is 4.98 Å². The van der Waals surface area contributed by atoms with Crippen molar-refractivity contribution in [3.05, 3.63) is 58.7 Å². The highest BCUT2D eigenvalue weighted by molar-refractivity contribution is 6.30. The van der Waals surface area contributed by atoms with Crippen molar-refractivity contribution in [2.75, 3.05) is 5.73 Å². The maximum absolute atomic E-state index is 6.11. The molecule has 0 spiro atoms. The van der Waals surface area contributed by atoms with Crippen LogP contribution in [-0.2, 0) is 0 Å². The maximum atomic E-state index is 6.11. The van der Waals surface area contributed by atoms with Crippen LogP contribution in [0.25, 0.3) is 10.9 Å². The van der Waals surface area contributed by atoms with E-state index in [1.165, 1.54) is 0 Å². The minimum atomic E-state index is 0.641. The molecule has 0 aliphatic carbocycles. The van der Waals surface area contributed by atoms with Gasteiger partial charge in [-0.1, -0.05) is 17.7 Å². The fourth-order valence-electron chi connectivity index (χ4n) is 2.43. The van der Waals surface area contributed by atoms with E-state index in [0.29, 0.717) is 10.7 Å². The molecule has 0 saturated carbocycles. The van der Waals surface area contributed by atoms with Crippen LogP contribution in [0.5, 0.6) is 11.5 Å². The van der Waals surface area contributed by atoms with E-state index in [0.717, 1.165) is 33.5 Å². The van der Waals surface area contributed by atoms with Crippen LogP contribution < -0.4 is 10.5 Å². The lowest BCUT2D eigenvalue weighted by Gasteiger charge is -2.14. The van der Waals surface area contributed by atoms with Crippen LogP contribution in [0.3, 0.4) is 0 Å². The number of fused-ring (bicyclic) bond motifs is 1. The first-order chi connectivity index (χ1) is 10.1. The third kappa shape index (κ3) is 2.52. The number of aromatic nitrogens is 1. The number of rotatable bonds is 2. The highest BCUT2D eigenvalue weighted by Gasteiger charge is 2.10. The molecule has 1 aromatic heterocycles. The van der Waals surface area contributed by atoms with E-state index >= 15 is 0 Å². The van der Waals surface area contributed by atoms with Crippen LogP contribution in [0.1, 0.15) is 11.1 Å². The normalized spacial score (nSPS) is 10.8. The van der Waals surface area contributed by atoms with Crippen molar-refractivity contribution < 1.29 is 4.74 Å². The van der Waals surface area contributed by atoms with Gasteiger partial charge in [0.2, 0.25) is 0 Å². The number of nitrogen functional groups attached to an aromatic ring is 1. The van der Waals surface area contributed by atoms with Crippen molar-refractivity contribution in [2.24, 2.45) is 0 Å². The van der Waals surface area contributed by atoms with Crippen LogP contribution in [0, 0.1) is 13.8 Å². The lowest BCUT2D eigenvalue weighted by molar-refractivity contribution is 0.480. The summed E-state index contributed by atoms with van der Waals surface area (Å²) in [6.45, 7) is 3.96. The molecule has 0 unspecified atom stereocenters. The van der Waals surface area contributed by atoms with Gasteiger partial charge in [-0.05, 0) is 55.3 Å². The number of halogens is 1. The predicted molar refractivity (Wildman–Crippen MR) is 87.2 cm³/mol. The zero-order valence-electron chi connectivity index (χ0n) is 11.9. The predicted octanol–water partition coefficient (Wildman–Crippen LogP) is 4.88. The third-order valence-electron chi connectivity index (χ3n) is 3.40. The fraction of sp³-hybridized carbons (Fsp3) is 0.118. The largest absolute Gasteiger partial charge is 0.456 e. The molecule has 21 heavy (non-hydrogen) atoms. The molecule has 3 rings (SSSR count). The first-order valence-corrected chi connectivity index (χ1v) is 7.02. The molecule has 2 N–H and O–H groups in total. The number of para-hydroxylation sites is 1. The van der Waals surface area contributed by atoms with Gasteiger partial charge in [0.15, 0.2) is 0 Å². The van der Waals surface area contributed by atoms with Gasteiger partial charge in [-0.15, -0.1) is 0 Å². The number of anilines is 1. The van der Waals surface area contributed by atoms with Gasteiger partial charge >= 0.3 is 0 Å². The van der Waals surface area contributed by atoms with Gasteiger partial charge in [-0.3, -0.25) is 4.98 Å². The molecule has 0 saturated heterocycles. The number of hydrogen-bond acceptors (Lipinski definition) is 3. The molecule has 3 aromatic rings. The monoisotopic (exact) mass is 298 g/mol. The summed E-state index contributed by atoms with van der Waals surface area (Å²) in [6, 6.07) is 11.3. The Morgan fingerprint density at radius 3 is 2.52 bits per heavy atom. The molecule has 0 fully saturated rings. The Morgan fingerprint density at radius 2 is 1.81 bits per heavy atom. The highest BCUT2D eigenvalue weighted by Crippen LogP contribution is 2.35. The SMILES string of the molecule is Cc1cc(Cl)cc(C)c1Oc1ccnc2c(N)cccc12. The molecule has 4 heteroatoms. The van der Waals surface area contributed by atoms with E-state index < -0.39 is 0 Å². The fourth-order valence-corrected chi connectivity index (χ4v) is 2.76. The van der Waals surface area contributed by atoms with E-state index in [1.54, 1.807) is 6.20 Å². The van der Waals surface area contributed by atoms with Crippen LogP contribution in [0.4, 0.5) is 5.69 Å². The minimum absolute atomic E-state index is 0.641. The van der Waals surface area contributed by atoms with E-state index in [2.05, 4.69) is 4.98 Å². The average molecular weight is 299 g/mol. The molecule has 0 aliphatic heterocycles. The Hall–Kier alpha value is -2.26. The molecule has 1 heterocycles. The van der Waals surface area contributed by atoms with Crippen LogP contribution in [-0.4, -0.2) is 4.98 Å².